The monoisotopic (exact) mass is 180 g/mol. The Kier molecular flexibility index (Phi) is 3.86. The molecule has 0 saturated heterocycles. The third-order valence-electron chi connectivity index (χ3n) is 1.78. The highest BCUT2D eigenvalue weighted by atomic mass is 16.3. The smallest absolute Gasteiger partial charge is 0.0639 e. The SMILES string of the molecule is C[C@@H](O)CN(C)Cc1ccncc1. The number of likely N-dealkylation sites (N-methyl/N-ethyl adjacent to an activating group) is 1. The van der Waals surface area contributed by atoms with Crippen molar-refractivity contribution in [1.82, 2.24) is 9.88 Å². The van der Waals surface area contributed by atoms with Crippen molar-refractivity contribution in [1.29, 1.82) is 0 Å². The molecule has 0 radical (unpaired) electrons. The summed E-state index contributed by atoms with van der Waals surface area (Å²) in [7, 11) is 1.99. The fourth-order valence-electron chi connectivity index (χ4n) is 1.32. The van der Waals surface area contributed by atoms with E-state index in [1.54, 1.807) is 19.3 Å². The summed E-state index contributed by atoms with van der Waals surface area (Å²) in [5, 5.41) is 9.15. The topological polar surface area (TPSA) is 36.4 Å². The zero-order valence-electron chi connectivity index (χ0n) is 8.14. The van der Waals surface area contributed by atoms with Crippen molar-refractivity contribution in [2.75, 3.05) is 13.6 Å². The van der Waals surface area contributed by atoms with E-state index in [1.807, 2.05) is 19.2 Å². The van der Waals surface area contributed by atoms with Gasteiger partial charge in [-0.3, -0.25) is 9.88 Å². The van der Waals surface area contributed by atoms with Gasteiger partial charge in [-0.05, 0) is 31.7 Å². The van der Waals surface area contributed by atoms with Crippen LogP contribution in [0.4, 0.5) is 0 Å². The maximum Gasteiger partial charge on any atom is 0.0639 e. The second kappa shape index (κ2) is 4.94. The van der Waals surface area contributed by atoms with Crippen LogP contribution in [0.2, 0.25) is 0 Å². The Labute approximate surface area is 79.0 Å². The minimum Gasteiger partial charge on any atom is -0.392 e. The van der Waals surface area contributed by atoms with Crippen molar-refractivity contribution in [2.24, 2.45) is 0 Å². The van der Waals surface area contributed by atoms with E-state index in [0.717, 1.165) is 6.54 Å². The standard InChI is InChI=1S/C10H16N2O/c1-9(13)7-12(2)8-10-3-5-11-6-4-10/h3-6,9,13H,7-8H2,1-2H3/t9-/m1/s1. The highest BCUT2D eigenvalue weighted by Gasteiger charge is 2.02. The van der Waals surface area contributed by atoms with E-state index in [9.17, 15) is 0 Å². The summed E-state index contributed by atoms with van der Waals surface area (Å²) in [5.74, 6) is 0. The summed E-state index contributed by atoms with van der Waals surface area (Å²) in [6.45, 7) is 3.35. The Morgan fingerprint density at radius 1 is 1.46 bits per heavy atom. The lowest BCUT2D eigenvalue weighted by molar-refractivity contribution is 0.138. The minimum absolute atomic E-state index is 0.271. The first-order valence-corrected chi connectivity index (χ1v) is 4.44. The zero-order valence-corrected chi connectivity index (χ0v) is 8.14. The predicted molar refractivity (Wildman–Crippen MR) is 52.3 cm³/mol. The van der Waals surface area contributed by atoms with Gasteiger partial charge in [-0.1, -0.05) is 0 Å². The molecule has 0 spiro atoms. The van der Waals surface area contributed by atoms with Gasteiger partial charge in [0, 0.05) is 25.5 Å². The Morgan fingerprint density at radius 2 is 2.08 bits per heavy atom. The van der Waals surface area contributed by atoms with E-state index in [2.05, 4.69) is 9.88 Å². The Hall–Kier alpha value is -0.930. The molecule has 1 aromatic rings. The van der Waals surface area contributed by atoms with Crippen LogP contribution in [-0.4, -0.2) is 34.7 Å². The van der Waals surface area contributed by atoms with Crippen LogP contribution < -0.4 is 0 Å². The molecule has 3 nitrogen and oxygen atoms in total. The van der Waals surface area contributed by atoms with Crippen LogP contribution in [0.5, 0.6) is 0 Å². The maximum absolute atomic E-state index is 9.15. The molecule has 1 N–H and O–H groups in total. The third-order valence-corrected chi connectivity index (χ3v) is 1.78. The van der Waals surface area contributed by atoms with Crippen LogP contribution in [0.3, 0.4) is 0 Å². The van der Waals surface area contributed by atoms with E-state index in [1.165, 1.54) is 5.56 Å². The van der Waals surface area contributed by atoms with Gasteiger partial charge >= 0.3 is 0 Å². The Balaban J connectivity index is 2.41. The number of pyridine rings is 1. The fraction of sp³-hybridized carbons (Fsp3) is 0.500. The Morgan fingerprint density at radius 3 is 2.62 bits per heavy atom. The Bertz CT molecular complexity index is 236. The molecular weight excluding hydrogens is 164 g/mol. The molecule has 0 aromatic carbocycles. The molecule has 1 rings (SSSR count). The van der Waals surface area contributed by atoms with Crippen molar-refractivity contribution in [3.8, 4) is 0 Å². The molecule has 0 aliphatic carbocycles. The predicted octanol–water partition coefficient (Wildman–Crippen LogP) is 0.894. The summed E-state index contributed by atoms with van der Waals surface area (Å²) in [5.41, 5.74) is 1.22. The fourth-order valence-corrected chi connectivity index (χ4v) is 1.32. The second-order valence-corrected chi connectivity index (χ2v) is 3.40. The lowest BCUT2D eigenvalue weighted by atomic mass is 10.2. The number of aromatic nitrogens is 1. The normalized spacial score (nSPS) is 13.2. The van der Waals surface area contributed by atoms with E-state index >= 15 is 0 Å². The lowest BCUT2D eigenvalue weighted by Crippen LogP contribution is -2.26. The second-order valence-electron chi connectivity index (χ2n) is 3.40. The first kappa shape index (κ1) is 10.2. The number of aliphatic hydroxyl groups is 1. The summed E-state index contributed by atoms with van der Waals surface area (Å²) in [6, 6.07) is 3.97. The van der Waals surface area contributed by atoms with E-state index in [-0.39, 0.29) is 6.10 Å². The molecule has 1 atom stereocenters. The van der Waals surface area contributed by atoms with Gasteiger partial charge < -0.3 is 5.11 Å². The highest BCUT2D eigenvalue weighted by molar-refractivity contribution is 5.09. The first-order chi connectivity index (χ1) is 6.18. The van der Waals surface area contributed by atoms with Gasteiger partial charge in [-0.2, -0.15) is 0 Å². The van der Waals surface area contributed by atoms with Crippen molar-refractivity contribution in [3.05, 3.63) is 30.1 Å². The van der Waals surface area contributed by atoms with Crippen molar-refractivity contribution in [2.45, 2.75) is 19.6 Å². The van der Waals surface area contributed by atoms with Gasteiger partial charge in [-0.25, -0.2) is 0 Å². The van der Waals surface area contributed by atoms with Gasteiger partial charge in [0.15, 0.2) is 0 Å². The quantitative estimate of drug-likeness (QED) is 0.747. The molecule has 0 bridgehead atoms. The van der Waals surface area contributed by atoms with Crippen LogP contribution in [0.15, 0.2) is 24.5 Å². The average molecular weight is 180 g/mol. The van der Waals surface area contributed by atoms with Gasteiger partial charge in [0.1, 0.15) is 0 Å². The van der Waals surface area contributed by atoms with Crippen LogP contribution in [0.1, 0.15) is 12.5 Å². The van der Waals surface area contributed by atoms with Crippen LogP contribution in [0.25, 0.3) is 0 Å². The summed E-state index contributed by atoms with van der Waals surface area (Å²) in [6.07, 6.45) is 3.30. The molecule has 0 aliphatic heterocycles. The van der Waals surface area contributed by atoms with Crippen LogP contribution >= 0.6 is 0 Å². The summed E-state index contributed by atoms with van der Waals surface area (Å²) in [4.78, 5) is 6.03. The van der Waals surface area contributed by atoms with E-state index in [0.29, 0.717) is 6.54 Å². The van der Waals surface area contributed by atoms with Gasteiger partial charge in [-0.15, -0.1) is 0 Å². The molecule has 0 saturated carbocycles. The molecule has 0 amide bonds. The van der Waals surface area contributed by atoms with E-state index in [4.69, 9.17) is 5.11 Å². The first-order valence-electron chi connectivity index (χ1n) is 4.44. The van der Waals surface area contributed by atoms with Gasteiger partial charge in [0.25, 0.3) is 0 Å². The number of aliphatic hydroxyl groups excluding tert-OH is 1. The third kappa shape index (κ3) is 4.01. The summed E-state index contributed by atoms with van der Waals surface area (Å²) < 4.78 is 0. The number of hydrogen-bond acceptors (Lipinski definition) is 3. The van der Waals surface area contributed by atoms with Crippen LogP contribution in [-0.2, 0) is 6.54 Å². The number of nitrogens with zero attached hydrogens (tertiary/aromatic N) is 2. The molecule has 13 heavy (non-hydrogen) atoms. The van der Waals surface area contributed by atoms with E-state index < -0.39 is 0 Å². The number of rotatable bonds is 4. The minimum atomic E-state index is -0.271. The molecule has 0 unspecified atom stereocenters. The van der Waals surface area contributed by atoms with Gasteiger partial charge in [0.2, 0.25) is 0 Å². The molecule has 72 valence electrons. The average Bonchev–Trinajstić information content (AvgIpc) is 2.04. The zero-order chi connectivity index (χ0) is 9.68. The summed E-state index contributed by atoms with van der Waals surface area (Å²) >= 11 is 0. The molecule has 1 aromatic heterocycles. The molecule has 0 fully saturated rings. The van der Waals surface area contributed by atoms with Crippen molar-refractivity contribution in [3.63, 3.8) is 0 Å². The van der Waals surface area contributed by atoms with Gasteiger partial charge in [0.05, 0.1) is 6.10 Å². The van der Waals surface area contributed by atoms with Crippen LogP contribution in [0, 0.1) is 0 Å². The highest BCUT2D eigenvalue weighted by Crippen LogP contribution is 2.01. The van der Waals surface area contributed by atoms with Crippen molar-refractivity contribution < 1.29 is 5.11 Å². The largest absolute Gasteiger partial charge is 0.392 e. The number of hydrogen-bond donors (Lipinski definition) is 1. The molecule has 3 heteroatoms. The maximum atomic E-state index is 9.15. The molecule has 1 heterocycles. The molecule has 0 aliphatic rings. The van der Waals surface area contributed by atoms with Crippen molar-refractivity contribution >= 4 is 0 Å². The lowest BCUT2D eigenvalue weighted by Gasteiger charge is -2.17. The molecular formula is C10H16N2O.